The number of rotatable bonds is 0. The van der Waals surface area contributed by atoms with E-state index >= 15 is 0 Å². The third kappa shape index (κ3) is 1.16. The molecule has 1 heterocycles. The fraction of sp³-hybridized carbons (Fsp3) is 0. The molecule has 0 unspecified atom stereocenters. The minimum atomic E-state index is 0.799. The van der Waals surface area contributed by atoms with Crippen LogP contribution in [0, 0.1) is 0 Å². The van der Waals surface area contributed by atoms with Crippen molar-refractivity contribution in [2.24, 2.45) is 0 Å². The second-order valence-electron chi connectivity index (χ2n) is 4.12. The van der Waals surface area contributed by atoms with E-state index in [0.717, 1.165) is 21.8 Å². The molecule has 3 aromatic carbocycles. The Morgan fingerprint density at radius 1 is 0.765 bits per heavy atom. The molecule has 0 aliphatic carbocycles. The Kier molecular flexibility index (Phi) is 1.56. The molecule has 0 radical (unpaired) electrons. The van der Waals surface area contributed by atoms with E-state index in [1.165, 1.54) is 10.8 Å². The Balaban J connectivity index is 2.29. The summed E-state index contributed by atoms with van der Waals surface area (Å²) in [5, 5.41) is 12.5. The van der Waals surface area contributed by atoms with Crippen LogP contribution in [0.25, 0.3) is 32.6 Å². The van der Waals surface area contributed by atoms with Crippen LogP contribution in [0.15, 0.2) is 53.2 Å². The molecule has 1 aromatic heterocycles. The minimum absolute atomic E-state index is 0.799. The fourth-order valence-corrected chi connectivity index (χ4v) is 2.26. The third-order valence-corrected chi connectivity index (χ3v) is 3.11. The molecule has 3 nitrogen and oxygen atoms in total. The van der Waals surface area contributed by atoms with E-state index < -0.39 is 0 Å². The molecule has 0 amide bonds. The van der Waals surface area contributed by atoms with Gasteiger partial charge in [0.05, 0.1) is 0 Å². The van der Waals surface area contributed by atoms with Gasteiger partial charge in [0.25, 0.3) is 0 Å². The maximum atomic E-state index is 4.79. The van der Waals surface area contributed by atoms with Crippen molar-refractivity contribution >= 4 is 32.6 Å². The molecule has 0 spiro atoms. The minimum Gasteiger partial charge on any atom is -0.243 e. The molecular weight excluding hydrogens is 212 g/mol. The molecule has 4 rings (SSSR count). The summed E-state index contributed by atoms with van der Waals surface area (Å²) in [6.07, 6.45) is 0. The fourth-order valence-electron chi connectivity index (χ4n) is 2.26. The van der Waals surface area contributed by atoms with Crippen LogP contribution < -0.4 is 0 Å². The Hall–Kier alpha value is -2.42. The Labute approximate surface area is 96.6 Å². The number of hydrogen-bond acceptors (Lipinski definition) is 3. The molecule has 0 bridgehead atoms. The summed E-state index contributed by atoms with van der Waals surface area (Å²) < 4.78 is 4.79. The molecule has 0 fully saturated rings. The van der Waals surface area contributed by atoms with Gasteiger partial charge in [-0.15, -0.1) is 0 Å². The number of fused-ring (bicyclic) bond motifs is 4. The largest absolute Gasteiger partial charge is 0.243 e. The second kappa shape index (κ2) is 3.04. The number of benzene rings is 3. The zero-order valence-corrected chi connectivity index (χ0v) is 8.92. The standard InChI is InChI=1S/C14H8N2O/c1-2-4-10-8-12-11(7-9(10)3-1)5-6-13-14(12)16-17-15-13/h1-8H. The molecule has 80 valence electrons. The molecule has 4 aromatic rings. The van der Waals surface area contributed by atoms with E-state index in [9.17, 15) is 0 Å². The highest BCUT2D eigenvalue weighted by Crippen LogP contribution is 2.27. The van der Waals surface area contributed by atoms with Gasteiger partial charge in [0, 0.05) is 5.39 Å². The quantitative estimate of drug-likeness (QED) is 0.425. The van der Waals surface area contributed by atoms with Gasteiger partial charge in [-0.3, -0.25) is 0 Å². The van der Waals surface area contributed by atoms with E-state index in [1.54, 1.807) is 0 Å². The number of nitrogens with zero attached hydrogens (tertiary/aromatic N) is 2. The normalized spacial score (nSPS) is 11.5. The zero-order valence-electron chi connectivity index (χ0n) is 8.92. The highest BCUT2D eigenvalue weighted by atomic mass is 16.6. The lowest BCUT2D eigenvalue weighted by Gasteiger charge is -2.01. The van der Waals surface area contributed by atoms with Gasteiger partial charge in [0.15, 0.2) is 0 Å². The van der Waals surface area contributed by atoms with Gasteiger partial charge >= 0.3 is 0 Å². The first-order valence-electron chi connectivity index (χ1n) is 5.46. The van der Waals surface area contributed by atoms with Crippen molar-refractivity contribution in [3.8, 4) is 0 Å². The summed E-state index contributed by atoms with van der Waals surface area (Å²) >= 11 is 0. The Morgan fingerprint density at radius 3 is 2.47 bits per heavy atom. The smallest absolute Gasteiger partial charge is 0.143 e. The highest BCUT2D eigenvalue weighted by Gasteiger charge is 2.06. The van der Waals surface area contributed by atoms with Gasteiger partial charge < -0.3 is 0 Å². The van der Waals surface area contributed by atoms with Crippen LogP contribution in [-0.4, -0.2) is 10.3 Å². The monoisotopic (exact) mass is 220 g/mol. The van der Waals surface area contributed by atoms with Crippen LogP contribution in [0.3, 0.4) is 0 Å². The first-order valence-corrected chi connectivity index (χ1v) is 5.46. The van der Waals surface area contributed by atoms with Crippen molar-refractivity contribution in [1.29, 1.82) is 0 Å². The van der Waals surface area contributed by atoms with Crippen LogP contribution >= 0.6 is 0 Å². The molecule has 0 aliphatic heterocycles. The molecule has 0 aliphatic rings. The molecule has 17 heavy (non-hydrogen) atoms. The molecule has 0 saturated heterocycles. The van der Waals surface area contributed by atoms with E-state index in [2.05, 4.69) is 34.6 Å². The first-order chi connectivity index (χ1) is 8.42. The third-order valence-electron chi connectivity index (χ3n) is 3.11. The summed E-state index contributed by atoms with van der Waals surface area (Å²) in [5.41, 5.74) is 1.63. The SMILES string of the molecule is c1ccc2cc3c(ccc4nonc43)cc2c1. The highest BCUT2D eigenvalue weighted by molar-refractivity contribution is 6.09. The Morgan fingerprint density at radius 2 is 1.59 bits per heavy atom. The maximum Gasteiger partial charge on any atom is 0.143 e. The lowest BCUT2D eigenvalue weighted by atomic mass is 10.0. The number of hydrogen-bond donors (Lipinski definition) is 0. The topological polar surface area (TPSA) is 38.9 Å². The van der Waals surface area contributed by atoms with Crippen LogP contribution in [0.4, 0.5) is 0 Å². The predicted molar refractivity (Wildman–Crippen MR) is 66.8 cm³/mol. The van der Waals surface area contributed by atoms with Gasteiger partial charge in [-0.1, -0.05) is 30.3 Å². The average Bonchev–Trinajstić information content (AvgIpc) is 2.85. The van der Waals surface area contributed by atoms with Crippen molar-refractivity contribution in [3.05, 3.63) is 48.5 Å². The van der Waals surface area contributed by atoms with Crippen LogP contribution in [0.5, 0.6) is 0 Å². The van der Waals surface area contributed by atoms with Gasteiger partial charge in [-0.2, -0.15) is 0 Å². The van der Waals surface area contributed by atoms with Crippen LogP contribution in [0.1, 0.15) is 0 Å². The van der Waals surface area contributed by atoms with E-state index in [-0.39, 0.29) is 0 Å². The van der Waals surface area contributed by atoms with E-state index in [0.29, 0.717) is 0 Å². The van der Waals surface area contributed by atoms with Gasteiger partial charge in [-0.25, -0.2) is 4.63 Å². The van der Waals surface area contributed by atoms with E-state index in [1.807, 2.05) is 24.3 Å². The van der Waals surface area contributed by atoms with Gasteiger partial charge in [-0.05, 0) is 44.7 Å². The summed E-state index contributed by atoms with van der Waals surface area (Å²) in [5.74, 6) is 0. The summed E-state index contributed by atoms with van der Waals surface area (Å²) in [7, 11) is 0. The van der Waals surface area contributed by atoms with Crippen molar-refractivity contribution in [1.82, 2.24) is 10.3 Å². The lowest BCUT2D eigenvalue weighted by molar-refractivity contribution is 0.316. The predicted octanol–water partition coefficient (Wildman–Crippen LogP) is 3.53. The molecule has 0 saturated carbocycles. The molecule has 0 atom stereocenters. The summed E-state index contributed by atoms with van der Waals surface area (Å²) in [6.45, 7) is 0. The van der Waals surface area contributed by atoms with Crippen molar-refractivity contribution in [2.75, 3.05) is 0 Å². The van der Waals surface area contributed by atoms with Crippen molar-refractivity contribution in [3.63, 3.8) is 0 Å². The maximum absolute atomic E-state index is 4.79. The zero-order chi connectivity index (χ0) is 11.2. The molecule has 3 heteroatoms. The number of aromatic nitrogens is 2. The Bertz CT molecular complexity index is 848. The lowest BCUT2D eigenvalue weighted by Crippen LogP contribution is -1.78. The average molecular weight is 220 g/mol. The van der Waals surface area contributed by atoms with Crippen LogP contribution in [-0.2, 0) is 0 Å². The summed E-state index contributed by atoms with van der Waals surface area (Å²) in [6, 6.07) is 16.6. The van der Waals surface area contributed by atoms with Crippen molar-refractivity contribution < 1.29 is 4.63 Å². The molecule has 0 N–H and O–H groups in total. The second-order valence-corrected chi connectivity index (χ2v) is 4.12. The first kappa shape index (κ1) is 8.70. The molecular formula is C14H8N2O. The van der Waals surface area contributed by atoms with E-state index in [4.69, 9.17) is 4.63 Å². The van der Waals surface area contributed by atoms with Crippen molar-refractivity contribution in [2.45, 2.75) is 0 Å². The van der Waals surface area contributed by atoms with Gasteiger partial charge in [0.1, 0.15) is 11.0 Å². The van der Waals surface area contributed by atoms with Gasteiger partial charge in [0.2, 0.25) is 0 Å². The van der Waals surface area contributed by atoms with Crippen LogP contribution in [0.2, 0.25) is 0 Å². The summed E-state index contributed by atoms with van der Waals surface area (Å²) in [4.78, 5) is 0.